The van der Waals surface area contributed by atoms with Crippen LogP contribution in [0.1, 0.15) is 42.1 Å². The molecule has 7 heteroatoms. The summed E-state index contributed by atoms with van der Waals surface area (Å²) in [6.45, 7) is 7.65. The van der Waals surface area contributed by atoms with Gasteiger partial charge < -0.3 is 20.4 Å². The van der Waals surface area contributed by atoms with Crippen LogP contribution in [0.4, 0.5) is 0 Å². The summed E-state index contributed by atoms with van der Waals surface area (Å²) in [7, 11) is 5.37. The molecule has 0 spiro atoms. The van der Waals surface area contributed by atoms with Crippen LogP contribution < -0.4 is 10.6 Å². The molecule has 0 aromatic heterocycles. The third kappa shape index (κ3) is 8.90. The normalized spacial score (nSPS) is 15.5. The predicted molar refractivity (Wildman–Crippen MR) is 132 cm³/mol. The minimum atomic E-state index is 0. The number of rotatable bonds is 8. The first-order chi connectivity index (χ1) is 13.5. The molecule has 1 aliphatic heterocycles. The Balaban J connectivity index is 0.00000420. The van der Waals surface area contributed by atoms with E-state index in [4.69, 9.17) is 0 Å². The highest BCUT2D eigenvalue weighted by Crippen LogP contribution is 2.19. The lowest BCUT2D eigenvalue weighted by atomic mass is 9.93. The Hall–Kier alpha value is -1.35. The lowest BCUT2D eigenvalue weighted by Gasteiger charge is -2.31. The number of benzene rings is 1. The molecule has 0 bridgehead atoms. The minimum Gasteiger partial charge on any atom is -0.356 e. The van der Waals surface area contributed by atoms with E-state index in [2.05, 4.69) is 33.5 Å². The van der Waals surface area contributed by atoms with E-state index in [0.717, 1.165) is 42.5 Å². The number of likely N-dealkylation sites (tertiary alicyclic amines) is 1. The van der Waals surface area contributed by atoms with Gasteiger partial charge in [0, 0.05) is 39.8 Å². The van der Waals surface area contributed by atoms with E-state index in [1.807, 2.05) is 25.2 Å². The van der Waals surface area contributed by atoms with Crippen LogP contribution in [0.5, 0.6) is 0 Å². The summed E-state index contributed by atoms with van der Waals surface area (Å²) in [5.74, 6) is 1.72. The number of nitrogens with one attached hydrogen (secondary N) is 2. The van der Waals surface area contributed by atoms with Crippen molar-refractivity contribution in [1.29, 1.82) is 0 Å². The Morgan fingerprint density at radius 1 is 1.21 bits per heavy atom. The zero-order chi connectivity index (χ0) is 20.4. The predicted octanol–water partition coefficient (Wildman–Crippen LogP) is 2.84. The molecule has 2 N–H and O–H groups in total. The van der Waals surface area contributed by atoms with Gasteiger partial charge in [-0.25, -0.2) is 0 Å². The highest BCUT2D eigenvalue weighted by Gasteiger charge is 2.17. The molecule has 0 radical (unpaired) electrons. The molecule has 0 saturated carbocycles. The summed E-state index contributed by atoms with van der Waals surface area (Å²) < 4.78 is 0. The molecule has 1 aromatic rings. The second kappa shape index (κ2) is 13.8. The Kier molecular flexibility index (Phi) is 12.2. The summed E-state index contributed by atoms with van der Waals surface area (Å²) in [5, 5.41) is 6.82. The summed E-state index contributed by atoms with van der Waals surface area (Å²) in [6.07, 6.45) is 4.67. The highest BCUT2D eigenvalue weighted by atomic mass is 127. The third-order valence-corrected chi connectivity index (χ3v) is 5.51. The molecule has 29 heavy (non-hydrogen) atoms. The van der Waals surface area contributed by atoms with Crippen molar-refractivity contribution in [2.45, 2.75) is 32.6 Å². The van der Waals surface area contributed by atoms with Crippen molar-refractivity contribution in [1.82, 2.24) is 20.4 Å². The maximum Gasteiger partial charge on any atom is 0.253 e. The number of hydrogen-bond donors (Lipinski definition) is 2. The van der Waals surface area contributed by atoms with Crippen molar-refractivity contribution in [2.75, 3.05) is 53.9 Å². The van der Waals surface area contributed by atoms with Gasteiger partial charge >= 0.3 is 0 Å². The number of hydrogen-bond acceptors (Lipinski definition) is 3. The van der Waals surface area contributed by atoms with Crippen LogP contribution in [0.2, 0.25) is 0 Å². The van der Waals surface area contributed by atoms with Crippen LogP contribution in [0.15, 0.2) is 29.3 Å². The number of carbonyl (C=O) groups is 1. The SMILES string of the molecule is CCN1CCC(CCNC(=NC)NCCc2cccc(C(=O)N(C)C)c2)CC1.I. The zero-order valence-corrected chi connectivity index (χ0v) is 20.7. The lowest BCUT2D eigenvalue weighted by molar-refractivity contribution is 0.0827. The standard InChI is InChI=1S/C22H37N5O.HI/c1-5-27-15-11-18(12-16-27)9-13-24-22(23-2)25-14-10-19-7-6-8-20(17-19)21(28)26(3)4;/h6-8,17-18H,5,9-16H2,1-4H3,(H2,23,24,25);1H. The number of carbonyl (C=O) groups excluding carboxylic acids is 1. The largest absolute Gasteiger partial charge is 0.356 e. The monoisotopic (exact) mass is 515 g/mol. The first-order valence-electron chi connectivity index (χ1n) is 10.5. The van der Waals surface area contributed by atoms with Crippen molar-refractivity contribution < 1.29 is 4.79 Å². The number of aliphatic imine (C=N–C) groups is 1. The Labute approximate surface area is 193 Å². The van der Waals surface area contributed by atoms with Gasteiger partial charge in [0.25, 0.3) is 5.91 Å². The van der Waals surface area contributed by atoms with E-state index in [1.165, 1.54) is 38.9 Å². The van der Waals surface area contributed by atoms with Crippen LogP contribution in [0.25, 0.3) is 0 Å². The van der Waals surface area contributed by atoms with Crippen LogP contribution in [-0.4, -0.2) is 75.5 Å². The van der Waals surface area contributed by atoms with Gasteiger partial charge in [-0.1, -0.05) is 19.1 Å². The van der Waals surface area contributed by atoms with Gasteiger partial charge in [-0.3, -0.25) is 9.79 Å². The Morgan fingerprint density at radius 2 is 1.90 bits per heavy atom. The van der Waals surface area contributed by atoms with Gasteiger partial charge in [0.1, 0.15) is 0 Å². The van der Waals surface area contributed by atoms with Crippen molar-refractivity contribution in [3.63, 3.8) is 0 Å². The molecule has 1 saturated heterocycles. The number of piperidine rings is 1. The first-order valence-corrected chi connectivity index (χ1v) is 10.5. The van der Waals surface area contributed by atoms with E-state index >= 15 is 0 Å². The lowest BCUT2D eigenvalue weighted by Crippen LogP contribution is -2.40. The van der Waals surface area contributed by atoms with Gasteiger partial charge in [-0.15, -0.1) is 24.0 Å². The van der Waals surface area contributed by atoms with Crippen molar-refractivity contribution in [3.05, 3.63) is 35.4 Å². The number of halogens is 1. The van der Waals surface area contributed by atoms with Crippen LogP contribution >= 0.6 is 24.0 Å². The van der Waals surface area contributed by atoms with Crippen molar-refractivity contribution in [3.8, 4) is 0 Å². The first kappa shape index (κ1) is 25.7. The second-order valence-corrected chi connectivity index (χ2v) is 7.74. The van der Waals surface area contributed by atoms with E-state index in [9.17, 15) is 4.79 Å². The van der Waals surface area contributed by atoms with Crippen LogP contribution in [0, 0.1) is 5.92 Å². The molecule has 1 fully saturated rings. The summed E-state index contributed by atoms with van der Waals surface area (Å²) >= 11 is 0. The van der Waals surface area contributed by atoms with Gasteiger partial charge in [-0.05, 0) is 68.9 Å². The quantitative estimate of drug-likeness (QED) is 0.318. The molecule has 6 nitrogen and oxygen atoms in total. The van der Waals surface area contributed by atoms with E-state index in [-0.39, 0.29) is 29.9 Å². The number of nitrogens with zero attached hydrogens (tertiary/aromatic N) is 3. The molecule has 1 amide bonds. The summed E-state index contributed by atoms with van der Waals surface area (Å²) in [6, 6.07) is 7.85. The fraction of sp³-hybridized carbons (Fsp3) is 0.636. The zero-order valence-electron chi connectivity index (χ0n) is 18.4. The Bertz CT molecular complexity index is 642. The van der Waals surface area contributed by atoms with Gasteiger partial charge in [0.05, 0.1) is 0 Å². The van der Waals surface area contributed by atoms with Gasteiger partial charge in [-0.2, -0.15) is 0 Å². The maximum atomic E-state index is 12.1. The molecular weight excluding hydrogens is 477 g/mol. The molecule has 1 heterocycles. The fourth-order valence-electron chi connectivity index (χ4n) is 3.65. The van der Waals surface area contributed by atoms with E-state index in [0.29, 0.717) is 0 Å². The van der Waals surface area contributed by atoms with Gasteiger partial charge in [0.15, 0.2) is 5.96 Å². The average molecular weight is 515 g/mol. The maximum absolute atomic E-state index is 12.1. The minimum absolute atomic E-state index is 0. The van der Waals surface area contributed by atoms with Crippen molar-refractivity contribution in [2.24, 2.45) is 10.9 Å². The second-order valence-electron chi connectivity index (χ2n) is 7.74. The molecule has 2 rings (SSSR count). The molecule has 164 valence electrons. The molecular formula is C22H38IN5O. The topological polar surface area (TPSA) is 60.0 Å². The Morgan fingerprint density at radius 3 is 2.52 bits per heavy atom. The summed E-state index contributed by atoms with van der Waals surface area (Å²) in [4.78, 5) is 20.5. The molecule has 1 aromatic carbocycles. The van der Waals surface area contributed by atoms with Gasteiger partial charge in [0.2, 0.25) is 0 Å². The van der Waals surface area contributed by atoms with E-state index in [1.54, 1.807) is 19.0 Å². The van der Waals surface area contributed by atoms with Crippen LogP contribution in [-0.2, 0) is 6.42 Å². The molecule has 0 aliphatic carbocycles. The summed E-state index contributed by atoms with van der Waals surface area (Å²) in [5.41, 5.74) is 1.89. The highest BCUT2D eigenvalue weighted by molar-refractivity contribution is 14.0. The van der Waals surface area contributed by atoms with E-state index < -0.39 is 0 Å². The molecule has 1 aliphatic rings. The van der Waals surface area contributed by atoms with Crippen LogP contribution in [0.3, 0.4) is 0 Å². The molecule has 0 atom stereocenters. The number of amides is 1. The van der Waals surface area contributed by atoms with Crippen molar-refractivity contribution >= 4 is 35.8 Å². The number of guanidine groups is 1. The molecule has 0 unspecified atom stereocenters. The third-order valence-electron chi connectivity index (χ3n) is 5.51. The average Bonchev–Trinajstić information content (AvgIpc) is 2.72. The fourth-order valence-corrected chi connectivity index (χ4v) is 3.65. The smallest absolute Gasteiger partial charge is 0.253 e.